The van der Waals surface area contributed by atoms with E-state index in [0.717, 1.165) is 57.0 Å². The maximum Gasteiger partial charge on any atom is 0.138 e. The Morgan fingerprint density at radius 3 is 2.67 bits per heavy atom. The first-order valence-corrected chi connectivity index (χ1v) is 11.7. The van der Waals surface area contributed by atoms with Gasteiger partial charge in [0.2, 0.25) is 0 Å². The predicted octanol–water partition coefficient (Wildman–Crippen LogP) is 5.86. The first-order valence-electron chi connectivity index (χ1n) is 11.7. The molecular weight excluding hydrogens is 446 g/mol. The summed E-state index contributed by atoms with van der Waals surface area (Å²) >= 11 is 0. The molecule has 4 heterocycles. The fourth-order valence-corrected chi connectivity index (χ4v) is 4.61. The second-order valence-corrected chi connectivity index (χ2v) is 8.64. The lowest BCUT2D eigenvalue weighted by Crippen LogP contribution is -2.02. The van der Waals surface area contributed by atoms with E-state index in [1.807, 2.05) is 36.8 Å². The van der Waals surface area contributed by atoms with Crippen molar-refractivity contribution in [2.45, 2.75) is 19.8 Å². The molecule has 1 aliphatic rings. The van der Waals surface area contributed by atoms with Crippen molar-refractivity contribution in [1.29, 1.82) is 5.26 Å². The summed E-state index contributed by atoms with van der Waals surface area (Å²) in [6.07, 6.45) is 8.50. The Kier molecular flexibility index (Phi) is 5.39. The van der Waals surface area contributed by atoms with E-state index in [4.69, 9.17) is 10.2 Å². The van der Waals surface area contributed by atoms with Gasteiger partial charge < -0.3 is 5.32 Å². The lowest BCUT2D eigenvalue weighted by Gasteiger charge is -2.15. The number of rotatable bonds is 5. The topological polar surface area (TPSA) is 99.7 Å². The number of benzene rings is 2. The molecule has 172 valence electrons. The maximum absolute atomic E-state index is 9.07. The molecule has 0 fully saturated rings. The zero-order valence-corrected chi connectivity index (χ0v) is 19.6. The van der Waals surface area contributed by atoms with Crippen molar-refractivity contribution in [3.8, 4) is 17.3 Å². The summed E-state index contributed by atoms with van der Waals surface area (Å²) in [5, 5.41) is 14.6. The molecule has 7 heteroatoms. The molecule has 3 aromatic heterocycles. The van der Waals surface area contributed by atoms with Gasteiger partial charge in [-0.25, -0.2) is 15.0 Å². The molecule has 0 spiro atoms. The van der Waals surface area contributed by atoms with E-state index in [0.29, 0.717) is 12.0 Å². The van der Waals surface area contributed by atoms with Crippen molar-refractivity contribution in [2.75, 3.05) is 5.32 Å². The van der Waals surface area contributed by atoms with Gasteiger partial charge in [0.15, 0.2) is 0 Å². The number of pyridine rings is 2. The summed E-state index contributed by atoms with van der Waals surface area (Å²) in [5.74, 6) is 0.766. The highest BCUT2D eigenvalue weighted by Gasteiger charge is 2.19. The lowest BCUT2D eigenvalue weighted by molar-refractivity contribution is 1.05. The van der Waals surface area contributed by atoms with E-state index in [9.17, 15) is 0 Å². The second kappa shape index (κ2) is 9.01. The van der Waals surface area contributed by atoms with Crippen LogP contribution in [-0.4, -0.2) is 26.2 Å². The van der Waals surface area contributed by atoms with Gasteiger partial charge in [-0.15, -0.1) is 0 Å². The molecule has 0 amide bonds. The Morgan fingerprint density at radius 1 is 0.917 bits per heavy atom. The van der Waals surface area contributed by atoms with E-state index >= 15 is 0 Å². The average molecular weight is 468 g/mol. The number of nitriles is 1. The molecular formula is C29H21N7. The fraction of sp³-hybridized carbons (Fsp3) is 0.103. The average Bonchev–Trinajstić information content (AvgIpc) is 3.40. The van der Waals surface area contributed by atoms with E-state index in [1.54, 1.807) is 18.5 Å². The molecule has 1 N–H and O–H groups in total. The minimum absolute atomic E-state index is 0.621. The van der Waals surface area contributed by atoms with Crippen molar-refractivity contribution in [3.63, 3.8) is 0 Å². The van der Waals surface area contributed by atoms with Crippen LogP contribution in [0.1, 0.15) is 28.1 Å². The van der Waals surface area contributed by atoms with Gasteiger partial charge in [0.25, 0.3) is 0 Å². The Morgan fingerprint density at radius 2 is 1.81 bits per heavy atom. The molecule has 6 rings (SSSR count). The summed E-state index contributed by atoms with van der Waals surface area (Å²) in [4.78, 5) is 22.9. The third-order valence-electron chi connectivity index (χ3n) is 6.46. The largest absolute Gasteiger partial charge is 0.340 e. The SMILES string of the molecule is Cc1ccc2c(Nc3ccc(C#N)cc3)nccc2c1Cc1ncccc1-c1ncnc2c1N=CC2. The Labute approximate surface area is 208 Å². The van der Waals surface area contributed by atoms with Crippen LogP contribution in [0, 0.1) is 18.3 Å². The third kappa shape index (κ3) is 3.85. The molecule has 0 aliphatic carbocycles. The van der Waals surface area contributed by atoms with E-state index in [1.165, 1.54) is 11.1 Å². The van der Waals surface area contributed by atoms with Crippen LogP contribution in [-0.2, 0) is 12.8 Å². The first kappa shape index (κ1) is 21.6. The highest BCUT2D eigenvalue weighted by Crippen LogP contribution is 2.36. The number of hydrogen-bond acceptors (Lipinski definition) is 7. The van der Waals surface area contributed by atoms with Crippen LogP contribution in [0.5, 0.6) is 0 Å². The smallest absolute Gasteiger partial charge is 0.138 e. The van der Waals surface area contributed by atoms with Gasteiger partial charge in [0.1, 0.15) is 23.5 Å². The van der Waals surface area contributed by atoms with Crippen molar-refractivity contribution in [2.24, 2.45) is 4.99 Å². The first-order chi connectivity index (χ1) is 17.7. The lowest BCUT2D eigenvalue weighted by atomic mass is 9.94. The summed E-state index contributed by atoms with van der Waals surface area (Å²) < 4.78 is 0. The van der Waals surface area contributed by atoms with E-state index in [-0.39, 0.29) is 0 Å². The molecule has 36 heavy (non-hydrogen) atoms. The van der Waals surface area contributed by atoms with Crippen LogP contribution in [0.25, 0.3) is 22.0 Å². The zero-order valence-electron chi connectivity index (χ0n) is 19.6. The van der Waals surface area contributed by atoms with Crippen LogP contribution < -0.4 is 5.32 Å². The quantitative estimate of drug-likeness (QED) is 0.347. The van der Waals surface area contributed by atoms with Crippen LogP contribution in [0.15, 0.2) is 78.3 Å². The van der Waals surface area contributed by atoms with Gasteiger partial charge >= 0.3 is 0 Å². The van der Waals surface area contributed by atoms with Crippen LogP contribution >= 0.6 is 0 Å². The molecule has 0 saturated carbocycles. The van der Waals surface area contributed by atoms with E-state index in [2.05, 4.69) is 62.5 Å². The van der Waals surface area contributed by atoms with Gasteiger partial charge in [0, 0.05) is 48.1 Å². The number of aromatic nitrogens is 4. The van der Waals surface area contributed by atoms with Crippen molar-refractivity contribution >= 4 is 34.2 Å². The van der Waals surface area contributed by atoms with Gasteiger partial charge in [0.05, 0.1) is 23.0 Å². The van der Waals surface area contributed by atoms with Gasteiger partial charge in [-0.1, -0.05) is 12.1 Å². The van der Waals surface area contributed by atoms with Crippen molar-refractivity contribution < 1.29 is 0 Å². The number of nitrogens with one attached hydrogen (secondary N) is 1. The molecule has 0 unspecified atom stereocenters. The summed E-state index contributed by atoms with van der Waals surface area (Å²) in [6.45, 7) is 2.12. The standard InChI is InChI=1S/C29H21N7/c1-18-4-9-22-21(10-13-33-29(22)36-20-7-5-19(16-30)6-8-20)24(18)15-26-23(3-2-12-31-26)27-28-25(11-14-32-28)34-17-35-27/h2-10,12-14,17H,11,15H2,1H3,(H,33,36). The Balaban J connectivity index is 1.42. The summed E-state index contributed by atoms with van der Waals surface area (Å²) in [5.41, 5.74) is 8.37. The second-order valence-electron chi connectivity index (χ2n) is 8.64. The van der Waals surface area contributed by atoms with Gasteiger partial charge in [-0.3, -0.25) is 9.98 Å². The number of anilines is 2. The van der Waals surface area contributed by atoms with Crippen molar-refractivity contribution in [1.82, 2.24) is 19.9 Å². The molecule has 7 nitrogen and oxygen atoms in total. The number of aryl methyl sites for hydroxylation is 1. The number of hydrogen-bond donors (Lipinski definition) is 1. The number of aliphatic imine (C=N–C) groups is 1. The van der Waals surface area contributed by atoms with Crippen LogP contribution in [0.4, 0.5) is 17.2 Å². The predicted molar refractivity (Wildman–Crippen MR) is 141 cm³/mol. The molecule has 0 saturated heterocycles. The molecule has 2 aromatic carbocycles. The summed E-state index contributed by atoms with van der Waals surface area (Å²) in [6, 6.07) is 19.8. The molecule has 0 atom stereocenters. The van der Waals surface area contributed by atoms with Crippen LogP contribution in [0.2, 0.25) is 0 Å². The molecule has 0 radical (unpaired) electrons. The highest BCUT2D eigenvalue weighted by molar-refractivity contribution is 5.96. The molecule has 0 bridgehead atoms. The number of fused-ring (bicyclic) bond motifs is 2. The Hall–Kier alpha value is -4.96. The monoisotopic (exact) mass is 467 g/mol. The fourth-order valence-electron chi connectivity index (χ4n) is 4.61. The number of nitrogens with zero attached hydrogens (tertiary/aromatic N) is 6. The Bertz CT molecular complexity index is 1680. The highest BCUT2D eigenvalue weighted by atomic mass is 15.0. The normalized spacial score (nSPS) is 11.9. The third-order valence-corrected chi connectivity index (χ3v) is 6.46. The van der Waals surface area contributed by atoms with Crippen molar-refractivity contribution in [3.05, 3.63) is 101 Å². The van der Waals surface area contributed by atoms with Crippen LogP contribution in [0.3, 0.4) is 0 Å². The minimum atomic E-state index is 0.621. The van der Waals surface area contributed by atoms with Gasteiger partial charge in [-0.05, 0) is 65.9 Å². The minimum Gasteiger partial charge on any atom is -0.340 e. The van der Waals surface area contributed by atoms with E-state index < -0.39 is 0 Å². The molecule has 1 aliphatic heterocycles. The van der Waals surface area contributed by atoms with Gasteiger partial charge in [-0.2, -0.15) is 5.26 Å². The maximum atomic E-state index is 9.07. The zero-order chi connectivity index (χ0) is 24.5. The summed E-state index contributed by atoms with van der Waals surface area (Å²) in [7, 11) is 0. The molecule has 5 aromatic rings.